The fourth-order valence-electron chi connectivity index (χ4n) is 2.58. The van der Waals surface area contributed by atoms with Gasteiger partial charge in [-0.15, -0.1) is 0 Å². The summed E-state index contributed by atoms with van der Waals surface area (Å²) in [7, 11) is -1.63. The van der Waals surface area contributed by atoms with E-state index in [0.29, 0.717) is 17.3 Å². The van der Waals surface area contributed by atoms with Crippen LogP contribution in [0.25, 0.3) is 0 Å². The predicted octanol–water partition coefficient (Wildman–Crippen LogP) is 2.74. The Kier molecular flexibility index (Phi) is 9.00. The molecule has 0 radical (unpaired) electrons. The number of hydrogen-bond donors (Lipinski definition) is 1. The van der Waals surface area contributed by atoms with Crippen LogP contribution in [0.3, 0.4) is 0 Å². The van der Waals surface area contributed by atoms with Crippen molar-refractivity contribution in [3.05, 3.63) is 64.2 Å². The second-order valence-corrected chi connectivity index (χ2v) is 9.03. The van der Waals surface area contributed by atoms with Crippen LogP contribution in [0.5, 0.6) is 0 Å². The minimum Gasteiger partial charge on any atom is -0.460 e. The first-order chi connectivity index (χ1) is 14.6. The standard InChI is InChI=1S/C21H25ClN2O6S/c1-15-4-6-16(7-5-15)8-11-20(25)23-12-13-30-21(26)17-9-10-18(22)19(14-17)31(27,28)24(2)29-3/h4-7,9-10,14H,8,11-13H2,1-3H3,(H,23,25). The number of hydroxylamine groups is 1. The number of nitrogens with one attached hydrogen (secondary N) is 1. The summed E-state index contributed by atoms with van der Waals surface area (Å²) in [6, 6.07) is 11.7. The minimum atomic E-state index is -4.03. The van der Waals surface area contributed by atoms with E-state index < -0.39 is 16.0 Å². The average Bonchev–Trinajstić information content (AvgIpc) is 2.75. The molecule has 2 rings (SSSR count). The third-order valence-electron chi connectivity index (χ3n) is 4.46. The van der Waals surface area contributed by atoms with E-state index in [4.69, 9.17) is 21.2 Å². The molecule has 1 amide bonds. The Hall–Kier alpha value is -2.46. The summed E-state index contributed by atoms with van der Waals surface area (Å²) in [5.74, 6) is -0.888. The molecule has 0 bridgehead atoms. The number of aryl methyl sites for hydroxylation is 2. The number of benzene rings is 2. The fourth-order valence-corrected chi connectivity index (χ4v) is 4.06. The van der Waals surface area contributed by atoms with Crippen LogP contribution in [0.4, 0.5) is 0 Å². The van der Waals surface area contributed by atoms with Gasteiger partial charge in [0, 0.05) is 13.5 Å². The van der Waals surface area contributed by atoms with Crippen molar-refractivity contribution in [3.8, 4) is 0 Å². The maximum absolute atomic E-state index is 12.4. The molecule has 8 nitrogen and oxygen atoms in total. The Bertz CT molecular complexity index is 1020. The smallest absolute Gasteiger partial charge is 0.338 e. The monoisotopic (exact) mass is 468 g/mol. The number of halogens is 1. The van der Waals surface area contributed by atoms with Crippen molar-refractivity contribution in [2.45, 2.75) is 24.7 Å². The van der Waals surface area contributed by atoms with Gasteiger partial charge in [-0.05, 0) is 37.1 Å². The molecular formula is C21H25ClN2O6S. The number of carbonyl (C=O) groups excluding carboxylic acids is 2. The number of carbonyl (C=O) groups is 2. The third kappa shape index (κ3) is 7.03. The highest BCUT2D eigenvalue weighted by atomic mass is 35.5. The third-order valence-corrected chi connectivity index (χ3v) is 6.62. The van der Waals surface area contributed by atoms with Crippen molar-refractivity contribution in [2.24, 2.45) is 0 Å². The van der Waals surface area contributed by atoms with Crippen LogP contribution in [0, 0.1) is 6.92 Å². The average molecular weight is 469 g/mol. The zero-order chi connectivity index (χ0) is 23.0. The zero-order valence-corrected chi connectivity index (χ0v) is 19.1. The predicted molar refractivity (Wildman–Crippen MR) is 116 cm³/mol. The maximum Gasteiger partial charge on any atom is 0.338 e. The largest absolute Gasteiger partial charge is 0.460 e. The van der Waals surface area contributed by atoms with Crippen LogP contribution in [-0.2, 0) is 30.8 Å². The summed E-state index contributed by atoms with van der Waals surface area (Å²) < 4.78 is 30.5. The molecule has 0 atom stereocenters. The molecule has 0 fully saturated rings. The lowest BCUT2D eigenvalue weighted by Crippen LogP contribution is -2.28. The molecule has 10 heteroatoms. The molecular weight excluding hydrogens is 444 g/mol. The van der Waals surface area contributed by atoms with E-state index in [1.807, 2.05) is 31.2 Å². The fraction of sp³-hybridized carbons (Fsp3) is 0.333. The Balaban J connectivity index is 1.84. The molecule has 0 heterocycles. The van der Waals surface area contributed by atoms with Crippen LogP contribution in [0.1, 0.15) is 27.9 Å². The Morgan fingerprint density at radius 3 is 2.45 bits per heavy atom. The molecule has 0 aliphatic heterocycles. The molecule has 168 valence electrons. The summed E-state index contributed by atoms with van der Waals surface area (Å²) in [6.45, 7) is 2.08. The molecule has 1 N–H and O–H groups in total. The van der Waals surface area contributed by atoms with Gasteiger partial charge in [0.15, 0.2) is 0 Å². The van der Waals surface area contributed by atoms with Crippen molar-refractivity contribution in [2.75, 3.05) is 27.3 Å². The highest BCUT2D eigenvalue weighted by Crippen LogP contribution is 2.25. The molecule has 0 saturated heterocycles. The number of esters is 1. The highest BCUT2D eigenvalue weighted by Gasteiger charge is 2.25. The van der Waals surface area contributed by atoms with E-state index >= 15 is 0 Å². The van der Waals surface area contributed by atoms with Crippen LogP contribution >= 0.6 is 11.6 Å². The normalized spacial score (nSPS) is 11.4. The van der Waals surface area contributed by atoms with E-state index in [-0.39, 0.29) is 34.5 Å². The minimum absolute atomic E-state index is 0.0122. The molecule has 0 aromatic heterocycles. The maximum atomic E-state index is 12.4. The number of hydrogen-bond acceptors (Lipinski definition) is 6. The van der Waals surface area contributed by atoms with Gasteiger partial charge in [0.05, 0.1) is 24.2 Å². The van der Waals surface area contributed by atoms with Crippen molar-refractivity contribution < 1.29 is 27.6 Å². The first kappa shape index (κ1) is 24.8. The zero-order valence-electron chi connectivity index (χ0n) is 17.6. The molecule has 0 unspecified atom stereocenters. The lowest BCUT2D eigenvalue weighted by Gasteiger charge is -2.15. The molecule has 0 aliphatic rings. The van der Waals surface area contributed by atoms with Gasteiger partial charge in [-0.25, -0.2) is 13.2 Å². The number of nitrogens with zero attached hydrogens (tertiary/aromatic N) is 1. The first-order valence-electron chi connectivity index (χ1n) is 9.47. The van der Waals surface area contributed by atoms with Crippen LogP contribution < -0.4 is 5.32 Å². The van der Waals surface area contributed by atoms with Crippen LogP contribution in [-0.4, -0.2) is 52.1 Å². The summed E-state index contributed by atoms with van der Waals surface area (Å²) in [6.07, 6.45) is 0.937. The van der Waals surface area contributed by atoms with E-state index in [1.54, 1.807) is 0 Å². The second-order valence-electron chi connectivity index (χ2n) is 6.71. The molecule has 0 saturated carbocycles. The SMILES string of the molecule is CON(C)S(=O)(=O)c1cc(C(=O)OCCNC(=O)CCc2ccc(C)cc2)ccc1Cl. The van der Waals surface area contributed by atoms with Gasteiger partial charge >= 0.3 is 5.97 Å². The van der Waals surface area contributed by atoms with E-state index in [2.05, 4.69) is 5.32 Å². The van der Waals surface area contributed by atoms with E-state index in [1.165, 1.54) is 26.3 Å². The quantitative estimate of drug-likeness (QED) is 0.327. The second kappa shape index (κ2) is 11.2. The number of sulfonamides is 1. The van der Waals surface area contributed by atoms with Gasteiger partial charge in [-0.1, -0.05) is 45.9 Å². The molecule has 0 aliphatic carbocycles. The van der Waals surface area contributed by atoms with E-state index in [9.17, 15) is 18.0 Å². The molecule has 0 spiro atoms. The van der Waals surface area contributed by atoms with Crippen molar-refractivity contribution >= 4 is 33.5 Å². The number of rotatable bonds is 10. The van der Waals surface area contributed by atoms with E-state index in [0.717, 1.165) is 17.2 Å². The van der Waals surface area contributed by atoms with Crippen LogP contribution in [0.2, 0.25) is 5.02 Å². The highest BCUT2D eigenvalue weighted by molar-refractivity contribution is 7.89. The van der Waals surface area contributed by atoms with Gasteiger partial charge in [0.1, 0.15) is 11.5 Å². The summed E-state index contributed by atoms with van der Waals surface area (Å²) in [5, 5.41) is 2.63. The summed E-state index contributed by atoms with van der Waals surface area (Å²) >= 11 is 5.97. The molecule has 2 aromatic rings. The lowest BCUT2D eigenvalue weighted by atomic mass is 10.1. The Morgan fingerprint density at radius 1 is 1.13 bits per heavy atom. The summed E-state index contributed by atoms with van der Waals surface area (Å²) in [5.41, 5.74) is 2.24. The van der Waals surface area contributed by atoms with Crippen molar-refractivity contribution in [1.82, 2.24) is 9.79 Å². The van der Waals surface area contributed by atoms with Crippen molar-refractivity contribution in [3.63, 3.8) is 0 Å². The van der Waals surface area contributed by atoms with Gasteiger partial charge < -0.3 is 10.1 Å². The number of amides is 1. The van der Waals surface area contributed by atoms with Gasteiger partial charge in [0.25, 0.3) is 10.0 Å². The van der Waals surface area contributed by atoms with Gasteiger partial charge in [-0.2, -0.15) is 0 Å². The van der Waals surface area contributed by atoms with Gasteiger partial charge in [-0.3, -0.25) is 9.63 Å². The molecule has 31 heavy (non-hydrogen) atoms. The Morgan fingerprint density at radius 2 is 1.81 bits per heavy atom. The topological polar surface area (TPSA) is 102 Å². The molecule has 2 aromatic carbocycles. The lowest BCUT2D eigenvalue weighted by molar-refractivity contribution is -0.121. The number of ether oxygens (including phenoxy) is 1. The first-order valence-corrected chi connectivity index (χ1v) is 11.3. The summed E-state index contributed by atoms with van der Waals surface area (Å²) in [4.78, 5) is 28.6. The van der Waals surface area contributed by atoms with Crippen molar-refractivity contribution in [1.29, 1.82) is 0 Å². The van der Waals surface area contributed by atoms with Gasteiger partial charge in [0.2, 0.25) is 5.91 Å². The Labute approximate surface area is 187 Å². The van der Waals surface area contributed by atoms with Crippen LogP contribution in [0.15, 0.2) is 47.4 Å².